The van der Waals surface area contributed by atoms with E-state index >= 15 is 0 Å². The Morgan fingerprint density at radius 2 is 1.61 bits per heavy atom. The molecule has 0 spiro atoms. The van der Waals surface area contributed by atoms with Gasteiger partial charge in [0.05, 0.1) is 0 Å². The van der Waals surface area contributed by atoms with Crippen molar-refractivity contribution in [2.24, 2.45) is 0 Å². The van der Waals surface area contributed by atoms with Crippen molar-refractivity contribution in [2.45, 2.75) is 26.9 Å². The number of benzene rings is 2. The zero-order chi connectivity index (χ0) is 16.8. The third-order valence-corrected chi connectivity index (χ3v) is 3.38. The fraction of sp³-hybridized carbons (Fsp3) is 0.222. The average molecular weight is 312 g/mol. The van der Waals surface area contributed by atoms with Gasteiger partial charge in [-0.3, -0.25) is 20.4 Å². The molecule has 0 heterocycles. The summed E-state index contributed by atoms with van der Waals surface area (Å²) in [6.07, 6.45) is -0.727. The Bertz CT molecular complexity index is 696. The number of hydrogen-bond donors (Lipinski definition) is 2. The summed E-state index contributed by atoms with van der Waals surface area (Å²) in [5, 5.41) is 0. The normalized spacial score (nSPS) is 11.4. The summed E-state index contributed by atoms with van der Waals surface area (Å²) in [5.74, 6) is -0.157. The van der Waals surface area contributed by atoms with Gasteiger partial charge in [-0.2, -0.15) is 0 Å². The van der Waals surface area contributed by atoms with Crippen LogP contribution in [0, 0.1) is 13.8 Å². The molecule has 2 amide bonds. The quantitative estimate of drug-likeness (QED) is 0.853. The van der Waals surface area contributed by atoms with E-state index in [0.717, 1.165) is 11.1 Å². The summed E-state index contributed by atoms with van der Waals surface area (Å²) >= 11 is 0. The Morgan fingerprint density at radius 3 is 2.26 bits per heavy atom. The lowest BCUT2D eigenvalue weighted by atomic mass is 10.1. The Morgan fingerprint density at radius 1 is 0.957 bits per heavy atom. The molecule has 0 radical (unpaired) electrons. The number of hydrazine groups is 1. The van der Waals surface area contributed by atoms with Crippen molar-refractivity contribution in [3.8, 4) is 5.75 Å². The van der Waals surface area contributed by atoms with E-state index in [4.69, 9.17) is 4.74 Å². The van der Waals surface area contributed by atoms with Gasteiger partial charge < -0.3 is 4.74 Å². The summed E-state index contributed by atoms with van der Waals surface area (Å²) in [6.45, 7) is 5.47. The van der Waals surface area contributed by atoms with Crippen molar-refractivity contribution in [1.82, 2.24) is 10.9 Å². The molecule has 1 unspecified atom stereocenters. The first kappa shape index (κ1) is 16.5. The van der Waals surface area contributed by atoms with Crippen LogP contribution < -0.4 is 15.6 Å². The van der Waals surface area contributed by atoms with Crippen molar-refractivity contribution in [3.05, 3.63) is 65.2 Å². The highest BCUT2D eigenvalue weighted by atomic mass is 16.5. The van der Waals surface area contributed by atoms with E-state index in [2.05, 4.69) is 10.9 Å². The molecule has 0 aliphatic heterocycles. The average Bonchev–Trinajstić information content (AvgIpc) is 2.55. The lowest BCUT2D eigenvalue weighted by molar-refractivity contribution is -0.128. The van der Waals surface area contributed by atoms with Crippen molar-refractivity contribution in [1.29, 1.82) is 0 Å². The van der Waals surface area contributed by atoms with E-state index in [1.165, 1.54) is 0 Å². The fourth-order valence-electron chi connectivity index (χ4n) is 1.93. The molecule has 0 bridgehead atoms. The minimum absolute atomic E-state index is 0.374. The minimum Gasteiger partial charge on any atom is -0.481 e. The van der Waals surface area contributed by atoms with Gasteiger partial charge in [-0.25, -0.2) is 0 Å². The number of carbonyl (C=O) groups excluding carboxylic acids is 2. The first-order valence-electron chi connectivity index (χ1n) is 7.36. The molecular formula is C18H20N2O3. The Kier molecular flexibility index (Phi) is 5.36. The Labute approximate surface area is 135 Å². The smallest absolute Gasteiger partial charge is 0.279 e. The molecule has 0 saturated heterocycles. The highest BCUT2D eigenvalue weighted by Crippen LogP contribution is 2.17. The van der Waals surface area contributed by atoms with Crippen molar-refractivity contribution < 1.29 is 14.3 Å². The molecule has 2 rings (SSSR count). The van der Waals surface area contributed by atoms with Gasteiger partial charge in [-0.15, -0.1) is 0 Å². The van der Waals surface area contributed by atoms with Gasteiger partial charge >= 0.3 is 0 Å². The molecule has 2 aromatic carbocycles. The van der Waals surface area contributed by atoms with E-state index < -0.39 is 12.0 Å². The first-order valence-corrected chi connectivity index (χ1v) is 7.36. The second kappa shape index (κ2) is 7.45. The Balaban J connectivity index is 1.87. The maximum Gasteiger partial charge on any atom is 0.279 e. The van der Waals surface area contributed by atoms with Crippen LogP contribution in [-0.4, -0.2) is 17.9 Å². The van der Waals surface area contributed by atoms with Crippen LogP contribution in [0.3, 0.4) is 0 Å². The molecule has 5 heteroatoms. The maximum atomic E-state index is 12.0. The van der Waals surface area contributed by atoms with Crippen molar-refractivity contribution in [2.75, 3.05) is 0 Å². The van der Waals surface area contributed by atoms with E-state index in [9.17, 15) is 9.59 Å². The lowest BCUT2D eigenvalue weighted by Crippen LogP contribution is -2.47. The molecule has 0 aromatic heterocycles. The Hall–Kier alpha value is -2.82. The van der Waals surface area contributed by atoms with E-state index in [-0.39, 0.29) is 5.91 Å². The van der Waals surface area contributed by atoms with Crippen LogP contribution in [-0.2, 0) is 4.79 Å². The van der Waals surface area contributed by atoms with Gasteiger partial charge in [-0.1, -0.05) is 35.9 Å². The molecule has 1 atom stereocenters. The monoisotopic (exact) mass is 312 g/mol. The van der Waals surface area contributed by atoms with Gasteiger partial charge in [0.2, 0.25) is 0 Å². The van der Waals surface area contributed by atoms with Crippen molar-refractivity contribution >= 4 is 11.8 Å². The third kappa shape index (κ3) is 4.57. The number of rotatable bonds is 4. The van der Waals surface area contributed by atoms with Crippen LogP contribution in [0.2, 0.25) is 0 Å². The van der Waals surface area contributed by atoms with Crippen LogP contribution in [0.5, 0.6) is 5.75 Å². The standard InChI is InChI=1S/C18H20N2O3/c1-12-8-10-15(11-9-12)18(22)20-19-17(21)14(3)23-16-7-5-4-6-13(16)2/h4-11,14H,1-3H3,(H,19,21)(H,20,22). The SMILES string of the molecule is Cc1ccc(C(=O)NNC(=O)C(C)Oc2ccccc2C)cc1. The van der Waals surface area contributed by atoms with Crippen LogP contribution in [0.4, 0.5) is 0 Å². The second-order valence-electron chi connectivity index (χ2n) is 5.33. The molecule has 5 nitrogen and oxygen atoms in total. The van der Waals surface area contributed by atoms with E-state index in [1.807, 2.05) is 44.2 Å². The van der Waals surface area contributed by atoms with Gasteiger partial charge in [0, 0.05) is 5.56 Å². The lowest BCUT2D eigenvalue weighted by Gasteiger charge is -2.16. The summed E-state index contributed by atoms with van der Waals surface area (Å²) in [5.41, 5.74) is 7.23. The predicted molar refractivity (Wildman–Crippen MR) is 88.1 cm³/mol. The number of nitrogens with one attached hydrogen (secondary N) is 2. The van der Waals surface area contributed by atoms with Gasteiger partial charge in [0.15, 0.2) is 6.10 Å². The largest absolute Gasteiger partial charge is 0.481 e. The van der Waals surface area contributed by atoms with Gasteiger partial charge in [0.25, 0.3) is 11.8 Å². The number of carbonyl (C=O) groups is 2. The summed E-state index contributed by atoms with van der Waals surface area (Å²) in [7, 11) is 0. The zero-order valence-electron chi connectivity index (χ0n) is 13.4. The number of amides is 2. The number of ether oxygens (including phenoxy) is 1. The predicted octanol–water partition coefficient (Wildman–Crippen LogP) is 2.53. The molecule has 120 valence electrons. The molecule has 0 saturated carbocycles. The maximum absolute atomic E-state index is 12.0. The molecule has 2 aromatic rings. The highest BCUT2D eigenvalue weighted by Gasteiger charge is 2.16. The minimum atomic E-state index is -0.727. The van der Waals surface area contributed by atoms with Crippen molar-refractivity contribution in [3.63, 3.8) is 0 Å². The molecule has 23 heavy (non-hydrogen) atoms. The summed E-state index contributed by atoms with van der Waals surface area (Å²) < 4.78 is 5.60. The number of para-hydroxylation sites is 1. The molecule has 0 aliphatic rings. The van der Waals surface area contributed by atoms with E-state index in [0.29, 0.717) is 11.3 Å². The molecular weight excluding hydrogens is 292 g/mol. The van der Waals surface area contributed by atoms with Crippen LogP contribution in [0.15, 0.2) is 48.5 Å². The zero-order valence-corrected chi connectivity index (χ0v) is 13.4. The third-order valence-electron chi connectivity index (χ3n) is 3.38. The second-order valence-corrected chi connectivity index (χ2v) is 5.33. The molecule has 2 N–H and O–H groups in total. The molecule has 0 aliphatic carbocycles. The first-order chi connectivity index (χ1) is 11.0. The molecule has 0 fully saturated rings. The van der Waals surface area contributed by atoms with Crippen LogP contribution >= 0.6 is 0 Å². The van der Waals surface area contributed by atoms with E-state index in [1.54, 1.807) is 25.1 Å². The fourth-order valence-corrected chi connectivity index (χ4v) is 1.93. The van der Waals surface area contributed by atoms with Gasteiger partial charge in [0.1, 0.15) is 5.75 Å². The summed E-state index contributed by atoms with van der Waals surface area (Å²) in [6, 6.07) is 14.5. The van der Waals surface area contributed by atoms with Crippen LogP contribution in [0.1, 0.15) is 28.4 Å². The van der Waals surface area contributed by atoms with Gasteiger partial charge in [-0.05, 0) is 44.5 Å². The number of hydrogen-bond acceptors (Lipinski definition) is 3. The highest BCUT2D eigenvalue weighted by molar-refractivity contribution is 5.95. The van der Waals surface area contributed by atoms with Crippen LogP contribution in [0.25, 0.3) is 0 Å². The summed E-state index contributed by atoms with van der Waals surface area (Å²) in [4.78, 5) is 23.9. The number of aryl methyl sites for hydroxylation is 2. The topological polar surface area (TPSA) is 67.4 Å².